The monoisotopic (exact) mass is 364 g/mol. The maximum absolute atomic E-state index is 6.43. The van der Waals surface area contributed by atoms with Crippen LogP contribution >= 0.6 is 23.2 Å². The van der Waals surface area contributed by atoms with Crippen molar-refractivity contribution in [2.24, 2.45) is 0 Å². The van der Waals surface area contributed by atoms with E-state index in [9.17, 15) is 0 Å². The van der Waals surface area contributed by atoms with Gasteiger partial charge in [0.05, 0.1) is 30.0 Å². The van der Waals surface area contributed by atoms with E-state index in [0.29, 0.717) is 44.1 Å². The molecule has 0 unspecified atom stereocenters. The van der Waals surface area contributed by atoms with Gasteiger partial charge in [-0.25, -0.2) is 15.0 Å². The van der Waals surface area contributed by atoms with Crippen LogP contribution in [-0.4, -0.2) is 29.2 Å². The Hall–Kier alpha value is -2.31. The number of ether oxygens (including phenoxy) is 2. The molecule has 0 saturated heterocycles. The largest absolute Gasteiger partial charge is 0.495 e. The van der Waals surface area contributed by atoms with Gasteiger partial charge in [-0.1, -0.05) is 23.2 Å². The summed E-state index contributed by atoms with van der Waals surface area (Å²) < 4.78 is 10.6. The van der Waals surface area contributed by atoms with Gasteiger partial charge in [-0.2, -0.15) is 0 Å². The van der Waals surface area contributed by atoms with Crippen molar-refractivity contribution in [3.05, 3.63) is 34.2 Å². The average molecular weight is 365 g/mol. The van der Waals surface area contributed by atoms with Crippen LogP contribution in [0.5, 0.6) is 11.5 Å². The number of pyridine rings is 1. The predicted octanol–water partition coefficient (Wildman–Crippen LogP) is 3.91. The molecule has 2 heterocycles. The first kappa shape index (κ1) is 16.5. The lowest BCUT2D eigenvalue weighted by molar-refractivity contribution is 0.395. The number of hydrogen-bond donors (Lipinski definition) is 1. The number of halogens is 2. The number of aromatic nitrogens is 3. The molecule has 0 radical (unpaired) electrons. The molecule has 0 atom stereocenters. The summed E-state index contributed by atoms with van der Waals surface area (Å²) in [6, 6.07) is 3.39. The summed E-state index contributed by atoms with van der Waals surface area (Å²) in [7, 11) is 3.02. The third-order valence-corrected chi connectivity index (χ3v) is 4.29. The van der Waals surface area contributed by atoms with E-state index in [1.165, 1.54) is 14.2 Å². The zero-order valence-corrected chi connectivity index (χ0v) is 14.7. The Morgan fingerprint density at radius 2 is 1.62 bits per heavy atom. The van der Waals surface area contributed by atoms with Gasteiger partial charge in [-0.05, 0) is 13.0 Å². The van der Waals surface area contributed by atoms with Crippen LogP contribution in [0.15, 0.2) is 18.3 Å². The lowest BCUT2D eigenvalue weighted by Crippen LogP contribution is -2.00. The van der Waals surface area contributed by atoms with E-state index >= 15 is 0 Å². The molecule has 124 valence electrons. The van der Waals surface area contributed by atoms with Gasteiger partial charge in [0.15, 0.2) is 5.82 Å². The first-order valence-corrected chi connectivity index (χ1v) is 7.72. The summed E-state index contributed by atoms with van der Waals surface area (Å²) >= 11 is 12.9. The van der Waals surface area contributed by atoms with Crippen molar-refractivity contribution in [3.63, 3.8) is 0 Å². The zero-order chi connectivity index (χ0) is 17.4. The number of hydrogen-bond acceptors (Lipinski definition) is 6. The number of nitrogens with two attached hydrogens (primary N) is 1. The molecule has 0 aliphatic carbocycles. The Morgan fingerprint density at radius 3 is 2.21 bits per heavy atom. The maximum Gasteiger partial charge on any atom is 0.150 e. The molecule has 3 aromatic rings. The summed E-state index contributed by atoms with van der Waals surface area (Å²) in [6.45, 7) is 1.79. The fourth-order valence-electron chi connectivity index (χ4n) is 2.39. The number of rotatable bonds is 3. The lowest BCUT2D eigenvalue weighted by atomic mass is 10.1. The number of methoxy groups -OCH3 is 2. The highest BCUT2D eigenvalue weighted by Crippen LogP contribution is 2.45. The van der Waals surface area contributed by atoms with Crippen LogP contribution in [0.4, 0.5) is 5.82 Å². The van der Waals surface area contributed by atoms with Crippen molar-refractivity contribution >= 4 is 39.9 Å². The molecule has 0 aliphatic rings. The van der Waals surface area contributed by atoms with Crippen molar-refractivity contribution in [3.8, 4) is 22.8 Å². The fraction of sp³-hybridized carbons (Fsp3) is 0.188. The van der Waals surface area contributed by atoms with Crippen LogP contribution in [0.3, 0.4) is 0 Å². The molecule has 24 heavy (non-hydrogen) atoms. The molecular formula is C16H14Cl2N4O2. The van der Waals surface area contributed by atoms with Crippen LogP contribution in [0.2, 0.25) is 10.0 Å². The van der Waals surface area contributed by atoms with Crippen LogP contribution in [0, 0.1) is 6.92 Å². The molecule has 0 fully saturated rings. The Kier molecular flexibility index (Phi) is 4.34. The molecule has 0 aliphatic heterocycles. The minimum Gasteiger partial charge on any atom is -0.495 e. The smallest absolute Gasteiger partial charge is 0.150 e. The topological polar surface area (TPSA) is 83.2 Å². The van der Waals surface area contributed by atoms with E-state index in [0.717, 1.165) is 5.39 Å². The third-order valence-electron chi connectivity index (χ3n) is 3.54. The van der Waals surface area contributed by atoms with E-state index in [1.807, 2.05) is 0 Å². The summed E-state index contributed by atoms with van der Waals surface area (Å²) in [6.07, 6.45) is 1.68. The number of nitrogen functional groups attached to an aromatic ring is 1. The van der Waals surface area contributed by atoms with E-state index < -0.39 is 0 Å². The third kappa shape index (κ3) is 2.68. The average Bonchev–Trinajstić information content (AvgIpc) is 2.56. The summed E-state index contributed by atoms with van der Waals surface area (Å²) in [5.41, 5.74) is 7.59. The van der Waals surface area contributed by atoms with Gasteiger partial charge in [0, 0.05) is 23.2 Å². The van der Waals surface area contributed by atoms with Crippen molar-refractivity contribution in [1.29, 1.82) is 0 Å². The van der Waals surface area contributed by atoms with Gasteiger partial charge >= 0.3 is 0 Å². The molecule has 8 heteroatoms. The van der Waals surface area contributed by atoms with E-state index in [-0.39, 0.29) is 5.82 Å². The van der Waals surface area contributed by atoms with Crippen LogP contribution < -0.4 is 15.2 Å². The predicted molar refractivity (Wildman–Crippen MR) is 95.0 cm³/mol. The molecule has 0 saturated carbocycles. The first-order chi connectivity index (χ1) is 11.5. The van der Waals surface area contributed by atoms with Crippen LogP contribution in [-0.2, 0) is 0 Å². The zero-order valence-electron chi connectivity index (χ0n) is 13.2. The Morgan fingerprint density at radius 1 is 1.00 bits per heavy atom. The van der Waals surface area contributed by atoms with Crippen molar-refractivity contribution in [2.75, 3.05) is 20.0 Å². The van der Waals surface area contributed by atoms with E-state index in [2.05, 4.69) is 15.0 Å². The number of fused-ring (bicyclic) bond motifs is 1. The standard InChI is InChI=1S/C16H14Cl2N4O2/c1-7-20-6-8-4-9(22-16(19)15(8)21-7)12-13(17)10(23-2)5-11(24-3)14(12)18/h4-6H,1-3H3,(H2,19,22). The van der Waals surface area contributed by atoms with Crippen molar-refractivity contribution in [2.45, 2.75) is 6.92 Å². The van der Waals surface area contributed by atoms with Gasteiger partial charge in [-0.3, -0.25) is 0 Å². The van der Waals surface area contributed by atoms with Crippen LogP contribution in [0.25, 0.3) is 22.2 Å². The van der Waals surface area contributed by atoms with Crippen molar-refractivity contribution in [1.82, 2.24) is 15.0 Å². The lowest BCUT2D eigenvalue weighted by Gasteiger charge is -2.15. The van der Waals surface area contributed by atoms with E-state index in [1.54, 1.807) is 25.3 Å². The number of anilines is 1. The molecule has 0 amide bonds. The molecule has 6 nitrogen and oxygen atoms in total. The Bertz CT molecular complexity index is 919. The van der Waals surface area contributed by atoms with Gasteiger partial charge in [0.1, 0.15) is 22.8 Å². The molecule has 0 spiro atoms. The second-order valence-corrected chi connectivity index (χ2v) is 5.79. The van der Waals surface area contributed by atoms with Gasteiger partial charge < -0.3 is 15.2 Å². The number of benzene rings is 1. The maximum atomic E-state index is 6.43. The highest BCUT2D eigenvalue weighted by Gasteiger charge is 2.20. The molecule has 1 aromatic carbocycles. The highest BCUT2D eigenvalue weighted by molar-refractivity contribution is 6.41. The normalized spacial score (nSPS) is 10.9. The highest BCUT2D eigenvalue weighted by atomic mass is 35.5. The number of aryl methyl sites for hydroxylation is 1. The molecular weight excluding hydrogens is 351 g/mol. The summed E-state index contributed by atoms with van der Waals surface area (Å²) in [4.78, 5) is 12.9. The van der Waals surface area contributed by atoms with Crippen LogP contribution in [0.1, 0.15) is 5.82 Å². The summed E-state index contributed by atoms with van der Waals surface area (Å²) in [5, 5.41) is 1.38. The van der Waals surface area contributed by atoms with Gasteiger partial charge in [-0.15, -0.1) is 0 Å². The van der Waals surface area contributed by atoms with Gasteiger partial charge in [0.2, 0.25) is 0 Å². The fourth-order valence-corrected chi connectivity index (χ4v) is 3.09. The van der Waals surface area contributed by atoms with Crippen molar-refractivity contribution < 1.29 is 9.47 Å². The Labute approximate surface area is 148 Å². The van der Waals surface area contributed by atoms with Gasteiger partial charge in [0.25, 0.3) is 0 Å². The number of nitrogens with zero attached hydrogens (tertiary/aromatic N) is 3. The summed E-state index contributed by atoms with van der Waals surface area (Å²) in [5.74, 6) is 1.73. The van der Waals surface area contributed by atoms with E-state index in [4.69, 9.17) is 38.4 Å². The minimum absolute atomic E-state index is 0.266. The molecule has 3 rings (SSSR count). The molecule has 0 bridgehead atoms. The molecule has 2 N–H and O–H groups in total. The Balaban J connectivity index is 2.33. The minimum atomic E-state index is 0.266. The SMILES string of the molecule is COc1cc(OC)c(Cl)c(-c2cc3cnc(C)nc3c(N)n2)c1Cl. The quantitative estimate of drug-likeness (QED) is 0.758. The first-order valence-electron chi connectivity index (χ1n) is 6.96. The second-order valence-electron chi connectivity index (χ2n) is 5.03. The molecule has 2 aromatic heterocycles. The second kappa shape index (κ2) is 6.30.